The van der Waals surface area contributed by atoms with Crippen LogP contribution in [0.4, 0.5) is 22.7 Å². The molecule has 0 heterocycles. The molecule has 0 saturated carbocycles. The molecule has 29 heavy (non-hydrogen) atoms. The van der Waals surface area contributed by atoms with Crippen LogP contribution in [0, 0.1) is 0 Å². The second-order valence-corrected chi connectivity index (χ2v) is 6.28. The van der Waals surface area contributed by atoms with Crippen molar-refractivity contribution in [3.63, 3.8) is 0 Å². The first-order valence-corrected chi connectivity index (χ1v) is 9.45. The Labute approximate surface area is 172 Å². The van der Waals surface area contributed by atoms with E-state index in [4.69, 9.17) is 4.74 Å². The number of carbonyl (C=O) groups is 1. The number of esters is 1. The van der Waals surface area contributed by atoms with Gasteiger partial charge in [-0.1, -0.05) is 31.4 Å². The molecule has 3 aromatic rings. The number of carbonyl (C=O) groups excluding carboxylic acids is 1. The summed E-state index contributed by atoms with van der Waals surface area (Å²) in [6, 6.07) is 25.8. The van der Waals surface area contributed by atoms with Crippen LogP contribution in [0.1, 0.15) is 6.92 Å². The third-order valence-electron chi connectivity index (χ3n) is 4.50. The van der Waals surface area contributed by atoms with Crippen LogP contribution < -0.4 is 14.5 Å². The summed E-state index contributed by atoms with van der Waals surface area (Å²) in [6.07, 6.45) is 2.97. The van der Waals surface area contributed by atoms with Gasteiger partial charge < -0.3 is 14.5 Å². The van der Waals surface area contributed by atoms with Crippen molar-refractivity contribution in [3.05, 3.63) is 104 Å². The molecule has 0 radical (unpaired) electrons. The Bertz CT molecular complexity index is 964. The quantitative estimate of drug-likeness (QED) is 0.262. The van der Waals surface area contributed by atoms with E-state index in [2.05, 4.69) is 66.3 Å². The van der Waals surface area contributed by atoms with Crippen LogP contribution >= 0.6 is 0 Å². The van der Waals surface area contributed by atoms with Crippen LogP contribution in [0.25, 0.3) is 0 Å². The van der Waals surface area contributed by atoms with Gasteiger partial charge in [0.05, 0.1) is 0 Å². The van der Waals surface area contributed by atoms with Crippen molar-refractivity contribution in [1.29, 1.82) is 0 Å². The Morgan fingerprint density at radius 1 is 0.828 bits per heavy atom. The number of benzene rings is 3. The highest BCUT2D eigenvalue weighted by Gasteiger charge is 2.13. The normalized spacial score (nSPS) is 10.1. The molecule has 4 heteroatoms. The van der Waals surface area contributed by atoms with E-state index >= 15 is 0 Å². The molecular weight excluding hydrogens is 360 g/mol. The van der Waals surface area contributed by atoms with Crippen LogP contribution in [-0.4, -0.2) is 12.5 Å². The van der Waals surface area contributed by atoms with Gasteiger partial charge in [0.15, 0.2) is 0 Å². The third-order valence-corrected chi connectivity index (χ3v) is 4.50. The molecule has 0 bridgehead atoms. The summed E-state index contributed by atoms with van der Waals surface area (Å²) in [7, 11) is 0. The maximum atomic E-state index is 11.4. The lowest BCUT2D eigenvalue weighted by atomic mass is 10.1. The van der Waals surface area contributed by atoms with Crippen LogP contribution in [0.2, 0.25) is 0 Å². The molecule has 0 unspecified atom stereocenters. The number of nitrogens with zero attached hydrogens (tertiary/aromatic N) is 2. The van der Waals surface area contributed by atoms with E-state index in [1.54, 1.807) is 12.1 Å². The van der Waals surface area contributed by atoms with Gasteiger partial charge in [0.25, 0.3) is 0 Å². The summed E-state index contributed by atoms with van der Waals surface area (Å²) < 4.78 is 5.19. The molecule has 0 aliphatic rings. The first-order chi connectivity index (χ1) is 14.2. The summed E-state index contributed by atoms with van der Waals surface area (Å²) in [4.78, 5) is 15.6. The highest BCUT2D eigenvalue weighted by Crippen LogP contribution is 2.36. The molecule has 0 atom stereocenters. The summed E-state index contributed by atoms with van der Waals surface area (Å²) >= 11 is 0. The number of rotatable bonds is 8. The van der Waals surface area contributed by atoms with Gasteiger partial charge >= 0.3 is 5.97 Å². The van der Waals surface area contributed by atoms with E-state index in [-0.39, 0.29) is 0 Å². The average molecular weight is 384 g/mol. The zero-order valence-electron chi connectivity index (χ0n) is 16.5. The molecule has 0 aromatic heterocycles. The summed E-state index contributed by atoms with van der Waals surface area (Å²) in [5, 5.41) is 0. The largest absolute Gasteiger partial charge is 0.423 e. The fourth-order valence-electron chi connectivity index (χ4n) is 3.06. The van der Waals surface area contributed by atoms with E-state index in [0.717, 1.165) is 35.4 Å². The van der Waals surface area contributed by atoms with Crippen LogP contribution in [0.5, 0.6) is 5.75 Å². The monoisotopic (exact) mass is 384 g/mol. The van der Waals surface area contributed by atoms with Crippen molar-refractivity contribution in [2.24, 2.45) is 0 Å². The van der Waals surface area contributed by atoms with Gasteiger partial charge in [0.2, 0.25) is 0 Å². The van der Waals surface area contributed by atoms with Gasteiger partial charge in [-0.15, -0.1) is 0 Å². The Balaban J connectivity index is 1.97. The summed E-state index contributed by atoms with van der Waals surface area (Å²) in [5.74, 6) is 0.00234. The zero-order chi connectivity index (χ0) is 20.6. The molecule has 0 N–H and O–H groups in total. The highest BCUT2D eigenvalue weighted by atomic mass is 16.5. The topological polar surface area (TPSA) is 32.8 Å². The fourth-order valence-corrected chi connectivity index (χ4v) is 3.06. The van der Waals surface area contributed by atoms with E-state index < -0.39 is 5.97 Å². The minimum atomic E-state index is -0.476. The number of anilines is 4. The molecule has 0 spiro atoms. The molecule has 0 saturated heterocycles. The number of hydrogen-bond donors (Lipinski definition) is 0. The van der Waals surface area contributed by atoms with Gasteiger partial charge in [0, 0.05) is 35.4 Å². The molecule has 0 aliphatic heterocycles. The molecule has 0 fully saturated rings. The van der Waals surface area contributed by atoms with Crippen molar-refractivity contribution >= 4 is 28.7 Å². The van der Waals surface area contributed by atoms with Crippen LogP contribution in [0.3, 0.4) is 0 Å². The highest BCUT2D eigenvalue weighted by molar-refractivity contribution is 5.83. The summed E-state index contributed by atoms with van der Waals surface area (Å²) in [5.41, 5.74) is 4.10. The van der Waals surface area contributed by atoms with Crippen molar-refractivity contribution in [3.8, 4) is 5.75 Å². The molecule has 0 aliphatic carbocycles. The second-order valence-electron chi connectivity index (χ2n) is 6.28. The Morgan fingerprint density at radius 2 is 1.34 bits per heavy atom. The maximum Gasteiger partial charge on any atom is 0.335 e. The van der Waals surface area contributed by atoms with E-state index in [1.807, 2.05) is 36.5 Å². The smallest absolute Gasteiger partial charge is 0.335 e. The lowest BCUT2D eigenvalue weighted by molar-refractivity contribution is -0.128. The maximum absolute atomic E-state index is 11.4. The van der Waals surface area contributed by atoms with E-state index in [0.29, 0.717) is 5.75 Å². The molecular formula is C25H24N2O2. The minimum absolute atomic E-state index is 0.476. The Hall–Kier alpha value is -3.79. The third kappa shape index (κ3) is 4.74. The molecule has 0 amide bonds. The molecule has 3 rings (SSSR count). The number of ether oxygens (including phenoxy) is 1. The van der Waals surface area contributed by atoms with Gasteiger partial charge in [0.1, 0.15) is 5.75 Å². The lowest BCUT2D eigenvalue weighted by Gasteiger charge is -2.26. The van der Waals surface area contributed by atoms with Crippen molar-refractivity contribution in [2.45, 2.75) is 6.92 Å². The van der Waals surface area contributed by atoms with Gasteiger partial charge in [-0.05, 0) is 73.8 Å². The SMILES string of the molecule is C=CC(=O)Oc1ccc(N(c2ccccc2)c2ccc(N(C=C)CC)cc2)cc1. The standard InChI is InChI=1S/C25H24N2O2/c1-4-25(28)29-24-18-16-23(17-19-24)27(21-10-8-7-9-11-21)22-14-12-20(13-15-22)26(5-2)6-3/h4-5,7-19H,1-2,6H2,3H3. The lowest BCUT2D eigenvalue weighted by Crippen LogP contribution is -2.14. The molecule has 146 valence electrons. The predicted molar refractivity (Wildman–Crippen MR) is 120 cm³/mol. The zero-order valence-corrected chi connectivity index (χ0v) is 16.5. The molecule has 3 aromatic carbocycles. The van der Waals surface area contributed by atoms with E-state index in [1.165, 1.54) is 0 Å². The van der Waals surface area contributed by atoms with Crippen molar-refractivity contribution < 1.29 is 9.53 Å². The van der Waals surface area contributed by atoms with Crippen LogP contribution in [0.15, 0.2) is 104 Å². The number of para-hydroxylation sites is 1. The van der Waals surface area contributed by atoms with Gasteiger partial charge in [-0.25, -0.2) is 4.79 Å². The fraction of sp³-hybridized carbons (Fsp3) is 0.0800. The van der Waals surface area contributed by atoms with Crippen molar-refractivity contribution in [1.82, 2.24) is 0 Å². The van der Waals surface area contributed by atoms with Gasteiger partial charge in [-0.2, -0.15) is 0 Å². The van der Waals surface area contributed by atoms with E-state index in [9.17, 15) is 4.79 Å². The van der Waals surface area contributed by atoms with Crippen molar-refractivity contribution in [2.75, 3.05) is 16.3 Å². The first kappa shape index (κ1) is 20.0. The predicted octanol–water partition coefficient (Wildman–Crippen LogP) is 6.22. The average Bonchev–Trinajstić information content (AvgIpc) is 2.77. The Morgan fingerprint density at radius 3 is 1.86 bits per heavy atom. The second kappa shape index (κ2) is 9.42. The Kier molecular flexibility index (Phi) is 6.48. The van der Waals surface area contributed by atoms with Gasteiger partial charge in [-0.3, -0.25) is 0 Å². The first-order valence-electron chi connectivity index (χ1n) is 9.45. The van der Waals surface area contributed by atoms with Crippen LogP contribution in [-0.2, 0) is 4.79 Å². The number of hydrogen-bond acceptors (Lipinski definition) is 4. The minimum Gasteiger partial charge on any atom is -0.423 e. The summed E-state index contributed by atoms with van der Waals surface area (Å²) in [6.45, 7) is 10.2. The molecule has 4 nitrogen and oxygen atoms in total.